The van der Waals surface area contributed by atoms with Gasteiger partial charge in [-0.1, -0.05) is 214 Å². The molecule has 0 radical (unpaired) electrons. The molecule has 0 rings (SSSR count). The average molecular weight is 701 g/mol. The summed E-state index contributed by atoms with van der Waals surface area (Å²) in [6.45, 7) is 13.1. The van der Waals surface area contributed by atoms with E-state index in [1.165, 1.54) is 180 Å². The SMILES string of the molecule is CCCCCCCCCCCCO[SiH](OCCCCCCCCCCCC)OC(CCC)C(C)C(S)CCCCCCCCCCC. The molecule has 0 aromatic carbocycles. The van der Waals surface area contributed by atoms with Gasteiger partial charge in [0.2, 0.25) is 0 Å². The van der Waals surface area contributed by atoms with Crippen LogP contribution in [0, 0.1) is 5.92 Å². The van der Waals surface area contributed by atoms with Crippen molar-refractivity contribution in [3.63, 3.8) is 0 Å². The third kappa shape index (κ3) is 33.4. The van der Waals surface area contributed by atoms with E-state index in [-0.39, 0.29) is 6.10 Å². The molecule has 0 aliphatic heterocycles. The summed E-state index contributed by atoms with van der Waals surface area (Å²) < 4.78 is 19.7. The Morgan fingerprint density at radius 2 is 0.723 bits per heavy atom. The topological polar surface area (TPSA) is 27.7 Å². The fourth-order valence-corrected chi connectivity index (χ4v) is 8.74. The van der Waals surface area contributed by atoms with E-state index < -0.39 is 9.53 Å². The van der Waals surface area contributed by atoms with Gasteiger partial charge in [0, 0.05) is 18.5 Å². The Hall–Kier alpha value is 0.447. The third-order valence-electron chi connectivity index (χ3n) is 10.2. The van der Waals surface area contributed by atoms with Crippen LogP contribution in [0.5, 0.6) is 0 Å². The Bertz CT molecular complexity index is 554. The van der Waals surface area contributed by atoms with Crippen molar-refractivity contribution in [2.24, 2.45) is 5.92 Å². The van der Waals surface area contributed by atoms with Crippen molar-refractivity contribution in [3.05, 3.63) is 0 Å². The molecule has 0 saturated carbocycles. The molecule has 47 heavy (non-hydrogen) atoms. The van der Waals surface area contributed by atoms with Gasteiger partial charge in [-0.2, -0.15) is 12.6 Å². The van der Waals surface area contributed by atoms with Crippen LogP contribution < -0.4 is 0 Å². The molecule has 0 amide bonds. The van der Waals surface area contributed by atoms with E-state index in [1.807, 2.05) is 0 Å². The van der Waals surface area contributed by atoms with Crippen LogP contribution in [-0.2, 0) is 13.3 Å². The molecule has 5 heteroatoms. The quantitative estimate of drug-likeness (QED) is 0.0392. The lowest BCUT2D eigenvalue weighted by Crippen LogP contribution is -2.38. The molecule has 0 heterocycles. The molecule has 0 bridgehead atoms. The number of hydrogen-bond acceptors (Lipinski definition) is 4. The lowest BCUT2D eigenvalue weighted by molar-refractivity contribution is 0.0280. The molecule has 0 spiro atoms. The van der Waals surface area contributed by atoms with Crippen molar-refractivity contribution in [2.45, 2.75) is 251 Å². The molecular formula is C42H88O3SSi. The molecule has 0 aliphatic rings. The van der Waals surface area contributed by atoms with Crippen LogP contribution in [0.2, 0.25) is 0 Å². The molecule has 0 fully saturated rings. The Kier molecular flexibility index (Phi) is 39.6. The molecule has 0 saturated heterocycles. The van der Waals surface area contributed by atoms with Crippen LogP contribution in [0.25, 0.3) is 0 Å². The highest BCUT2D eigenvalue weighted by molar-refractivity contribution is 7.81. The summed E-state index contributed by atoms with van der Waals surface area (Å²) in [6, 6.07) is 0. The van der Waals surface area contributed by atoms with Crippen molar-refractivity contribution in [3.8, 4) is 0 Å². The van der Waals surface area contributed by atoms with Gasteiger partial charge in [0.05, 0.1) is 6.10 Å². The average Bonchev–Trinajstić information content (AvgIpc) is 3.07. The number of thiol groups is 1. The molecule has 3 atom stereocenters. The van der Waals surface area contributed by atoms with Crippen LogP contribution in [-0.4, -0.2) is 34.1 Å². The monoisotopic (exact) mass is 701 g/mol. The van der Waals surface area contributed by atoms with E-state index in [1.54, 1.807) is 0 Å². The maximum Gasteiger partial charge on any atom is 0.484 e. The lowest BCUT2D eigenvalue weighted by Gasteiger charge is -2.31. The standard InChI is InChI=1S/C42H88O3SSi/c1-6-10-13-16-19-22-25-28-31-34-38-43-47(44-39-35-32-29-26-23-20-17-14-11-7-2)45-41(36-9-4)40(5)42(46)37-33-30-27-24-21-18-15-12-8-3/h40-42,46-47H,6-39H2,1-5H3. The maximum absolute atomic E-state index is 6.79. The first-order valence-electron chi connectivity index (χ1n) is 21.7. The Morgan fingerprint density at radius 1 is 0.404 bits per heavy atom. The Labute approximate surface area is 305 Å². The van der Waals surface area contributed by atoms with Crippen LogP contribution in [0.1, 0.15) is 240 Å². The molecule has 0 aliphatic carbocycles. The van der Waals surface area contributed by atoms with Gasteiger partial charge in [-0.3, -0.25) is 0 Å². The Balaban J connectivity index is 4.57. The summed E-state index contributed by atoms with van der Waals surface area (Å²) in [5.41, 5.74) is 0. The first kappa shape index (κ1) is 47.4. The smallest absolute Gasteiger partial charge is 0.376 e. The summed E-state index contributed by atoms with van der Waals surface area (Å²) in [6.07, 6.45) is 43.0. The second-order valence-electron chi connectivity index (χ2n) is 14.9. The predicted molar refractivity (Wildman–Crippen MR) is 216 cm³/mol. The fourth-order valence-electron chi connectivity index (χ4n) is 6.72. The third-order valence-corrected chi connectivity index (χ3v) is 12.5. The van der Waals surface area contributed by atoms with Crippen molar-refractivity contribution in [1.82, 2.24) is 0 Å². The van der Waals surface area contributed by atoms with E-state index in [9.17, 15) is 0 Å². The van der Waals surface area contributed by atoms with Crippen molar-refractivity contribution < 1.29 is 13.3 Å². The number of hydrogen-bond donors (Lipinski definition) is 1. The first-order chi connectivity index (χ1) is 23.1. The molecule has 3 unspecified atom stereocenters. The van der Waals surface area contributed by atoms with Crippen LogP contribution >= 0.6 is 12.6 Å². The largest absolute Gasteiger partial charge is 0.484 e. The fraction of sp³-hybridized carbons (Fsp3) is 1.00. The normalized spacial score (nSPS) is 13.9. The molecule has 3 nitrogen and oxygen atoms in total. The molecular weight excluding hydrogens is 613 g/mol. The van der Waals surface area contributed by atoms with Gasteiger partial charge in [-0.15, -0.1) is 0 Å². The summed E-state index contributed by atoms with van der Waals surface area (Å²) in [5.74, 6) is 0.421. The first-order valence-corrected chi connectivity index (χ1v) is 23.6. The highest BCUT2D eigenvalue weighted by atomic mass is 32.1. The minimum atomic E-state index is -2.17. The van der Waals surface area contributed by atoms with E-state index in [0.29, 0.717) is 11.2 Å². The summed E-state index contributed by atoms with van der Waals surface area (Å²) in [7, 11) is -2.17. The molecule has 284 valence electrons. The minimum Gasteiger partial charge on any atom is -0.376 e. The van der Waals surface area contributed by atoms with E-state index in [4.69, 9.17) is 25.9 Å². The van der Waals surface area contributed by atoms with Crippen molar-refractivity contribution in [2.75, 3.05) is 13.2 Å². The maximum atomic E-state index is 6.79. The molecule has 0 aromatic rings. The van der Waals surface area contributed by atoms with Crippen molar-refractivity contribution in [1.29, 1.82) is 0 Å². The number of unbranched alkanes of at least 4 members (excludes halogenated alkanes) is 26. The van der Waals surface area contributed by atoms with Gasteiger partial charge in [0.1, 0.15) is 0 Å². The van der Waals surface area contributed by atoms with E-state index in [0.717, 1.165) is 38.9 Å². The van der Waals surface area contributed by atoms with Crippen LogP contribution in [0.4, 0.5) is 0 Å². The van der Waals surface area contributed by atoms with E-state index >= 15 is 0 Å². The van der Waals surface area contributed by atoms with Crippen LogP contribution in [0.15, 0.2) is 0 Å². The van der Waals surface area contributed by atoms with Gasteiger partial charge < -0.3 is 13.3 Å². The van der Waals surface area contributed by atoms with Crippen LogP contribution in [0.3, 0.4) is 0 Å². The van der Waals surface area contributed by atoms with Gasteiger partial charge in [0.25, 0.3) is 0 Å². The zero-order valence-corrected chi connectivity index (χ0v) is 35.1. The second-order valence-corrected chi connectivity index (χ2v) is 17.1. The van der Waals surface area contributed by atoms with Crippen molar-refractivity contribution >= 4 is 22.2 Å². The highest BCUT2D eigenvalue weighted by Gasteiger charge is 2.28. The second kappa shape index (κ2) is 39.2. The van der Waals surface area contributed by atoms with E-state index in [2.05, 4.69) is 34.6 Å². The Morgan fingerprint density at radius 3 is 1.06 bits per heavy atom. The van der Waals surface area contributed by atoms with Gasteiger partial charge >= 0.3 is 9.53 Å². The number of rotatable bonds is 40. The zero-order valence-electron chi connectivity index (χ0n) is 33.0. The highest BCUT2D eigenvalue weighted by Crippen LogP contribution is 2.26. The molecule has 0 N–H and O–H groups in total. The van der Waals surface area contributed by atoms with Gasteiger partial charge in [0.15, 0.2) is 0 Å². The van der Waals surface area contributed by atoms with Gasteiger partial charge in [-0.05, 0) is 31.6 Å². The minimum absolute atomic E-state index is 0.193. The summed E-state index contributed by atoms with van der Waals surface area (Å²) in [4.78, 5) is 0. The lowest BCUT2D eigenvalue weighted by atomic mass is 9.93. The van der Waals surface area contributed by atoms with Gasteiger partial charge in [-0.25, -0.2) is 0 Å². The summed E-state index contributed by atoms with van der Waals surface area (Å²) in [5, 5.41) is 0.384. The predicted octanol–water partition coefficient (Wildman–Crippen LogP) is 14.6. The molecule has 0 aromatic heterocycles. The zero-order chi connectivity index (χ0) is 34.5. The summed E-state index contributed by atoms with van der Waals surface area (Å²) >= 11 is 5.11.